The summed E-state index contributed by atoms with van der Waals surface area (Å²) < 4.78 is 11.9. The van der Waals surface area contributed by atoms with E-state index in [2.05, 4.69) is 10.3 Å². The van der Waals surface area contributed by atoms with E-state index in [0.29, 0.717) is 11.9 Å². The first-order valence-electron chi connectivity index (χ1n) is 6.00. The highest BCUT2D eigenvalue weighted by Gasteiger charge is 2.28. The maximum absolute atomic E-state index is 11.8. The first kappa shape index (κ1) is 11.6. The molecular weight excluding hydrogens is 238 g/mol. The molecule has 18 heavy (non-hydrogen) atoms. The van der Waals surface area contributed by atoms with Crippen LogP contribution < -0.4 is 11.0 Å². The quantitative estimate of drug-likeness (QED) is 0.765. The highest BCUT2D eigenvalue weighted by molar-refractivity contribution is 5.34. The van der Waals surface area contributed by atoms with Crippen molar-refractivity contribution in [1.29, 1.82) is 0 Å². The Kier molecular flexibility index (Phi) is 3.02. The van der Waals surface area contributed by atoms with Crippen LogP contribution in [0.15, 0.2) is 17.1 Å². The van der Waals surface area contributed by atoms with Gasteiger partial charge in [-0.3, -0.25) is 4.57 Å². The van der Waals surface area contributed by atoms with Crippen molar-refractivity contribution < 1.29 is 14.6 Å². The maximum Gasteiger partial charge on any atom is 0.351 e. The van der Waals surface area contributed by atoms with E-state index in [1.165, 1.54) is 4.57 Å². The van der Waals surface area contributed by atoms with Crippen molar-refractivity contribution in [2.75, 3.05) is 18.5 Å². The van der Waals surface area contributed by atoms with E-state index in [-0.39, 0.29) is 18.9 Å². The zero-order chi connectivity index (χ0) is 12.5. The summed E-state index contributed by atoms with van der Waals surface area (Å²) in [5.74, 6) is 0.594. The number of aliphatic hydroxyl groups excluding tert-OH is 1. The molecule has 0 bridgehead atoms. The Bertz CT molecular complexity index is 485. The minimum atomic E-state index is -0.661. The number of aromatic nitrogens is 2. The third-order valence-corrected chi connectivity index (χ3v) is 2.95. The van der Waals surface area contributed by atoms with Gasteiger partial charge in [-0.1, -0.05) is 0 Å². The molecule has 7 heteroatoms. The van der Waals surface area contributed by atoms with Gasteiger partial charge in [0, 0.05) is 12.2 Å². The number of hydrogen-bond acceptors (Lipinski definition) is 6. The fourth-order valence-corrected chi connectivity index (χ4v) is 1.83. The van der Waals surface area contributed by atoms with Crippen LogP contribution in [0, 0.1) is 0 Å². The number of nitrogens with one attached hydrogen (secondary N) is 1. The van der Waals surface area contributed by atoms with Crippen LogP contribution >= 0.6 is 0 Å². The number of nitrogens with zero attached hydrogens (tertiary/aromatic N) is 2. The average Bonchev–Trinajstić information content (AvgIpc) is 3.05. The molecule has 3 rings (SSSR count). The topological polar surface area (TPSA) is 85.6 Å². The molecule has 2 aliphatic rings. The fraction of sp³-hybridized carbons (Fsp3) is 0.636. The lowest BCUT2D eigenvalue weighted by Crippen LogP contribution is -2.29. The molecule has 0 aromatic carbocycles. The summed E-state index contributed by atoms with van der Waals surface area (Å²) >= 11 is 0. The van der Waals surface area contributed by atoms with E-state index < -0.39 is 12.5 Å². The summed E-state index contributed by atoms with van der Waals surface area (Å²) in [7, 11) is 0. The second-order valence-electron chi connectivity index (χ2n) is 4.46. The van der Waals surface area contributed by atoms with Crippen molar-refractivity contribution >= 4 is 5.82 Å². The summed E-state index contributed by atoms with van der Waals surface area (Å²) in [4.78, 5) is 15.8. The van der Waals surface area contributed by atoms with Crippen LogP contribution in [-0.4, -0.2) is 40.2 Å². The Morgan fingerprint density at radius 2 is 2.39 bits per heavy atom. The molecule has 7 nitrogen and oxygen atoms in total. The van der Waals surface area contributed by atoms with Crippen molar-refractivity contribution in [3.8, 4) is 0 Å². The number of aliphatic hydroxyl groups is 1. The second-order valence-corrected chi connectivity index (χ2v) is 4.46. The van der Waals surface area contributed by atoms with Gasteiger partial charge in [-0.05, 0) is 18.9 Å². The molecule has 0 amide bonds. The van der Waals surface area contributed by atoms with Crippen molar-refractivity contribution in [1.82, 2.24) is 9.55 Å². The third kappa shape index (κ3) is 2.38. The van der Waals surface area contributed by atoms with Crippen molar-refractivity contribution in [2.24, 2.45) is 0 Å². The highest BCUT2D eigenvalue weighted by Crippen LogP contribution is 2.23. The van der Waals surface area contributed by atoms with Gasteiger partial charge in [0.2, 0.25) is 0 Å². The van der Waals surface area contributed by atoms with Crippen LogP contribution in [0.1, 0.15) is 19.1 Å². The molecule has 1 aliphatic heterocycles. The summed E-state index contributed by atoms with van der Waals surface area (Å²) in [5.41, 5.74) is -0.382. The van der Waals surface area contributed by atoms with E-state index in [1.54, 1.807) is 12.3 Å². The molecule has 98 valence electrons. The molecule has 0 radical (unpaired) electrons. The smallest absolute Gasteiger partial charge is 0.351 e. The van der Waals surface area contributed by atoms with Gasteiger partial charge in [-0.25, -0.2) is 4.79 Å². The van der Waals surface area contributed by atoms with Crippen LogP contribution in [-0.2, 0) is 9.47 Å². The lowest BCUT2D eigenvalue weighted by Gasteiger charge is -2.12. The van der Waals surface area contributed by atoms with Crippen LogP contribution in [0.5, 0.6) is 0 Å². The summed E-state index contributed by atoms with van der Waals surface area (Å²) in [6.45, 7) is 0.0161. The molecular formula is C11H15N3O4. The van der Waals surface area contributed by atoms with Crippen molar-refractivity contribution in [2.45, 2.75) is 31.4 Å². The third-order valence-electron chi connectivity index (χ3n) is 2.95. The molecule has 1 aliphatic carbocycles. The monoisotopic (exact) mass is 253 g/mol. The molecule has 0 unspecified atom stereocenters. The van der Waals surface area contributed by atoms with Gasteiger partial charge in [0.1, 0.15) is 5.82 Å². The maximum atomic E-state index is 11.8. The minimum absolute atomic E-state index is 0.222. The van der Waals surface area contributed by atoms with Gasteiger partial charge in [0.15, 0.2) is 12.5 Å². The van der Waals surface area contributed by atoms with E-state index in [0.717, 1.165) is 12.8 Å². The predicted molar refractivity (Wildman–Crippen MR) is 62.1 cm³/mol. The molecule has 2 fully saturated rings. The zero-order valence-electron chi connectivity index (χ0n) is 9.78. The van der Waals surface area contributed by atoms with Gasteiger partial charge in [-0.2, -0.15) is 4.98 Å². The molecule has 2 atom stereocenters. The standard InChI is InChI=1S/C11H15N3O4/c15-5-10-17-6-9(18-10)14-4-3-8(13-11(14)16)12-7-1-2-7/h3-4,7,9-10,15H,1-2,5-6H2,(H,12,13,16)/t9-,10-/m0/s1. The summed E-state index contributed by atoms with van der Waals surface area (Å²) in [5, 5.41) is 12.0. The number of rotatable bonds is 4. The Labute approximate surface area is 103 Å². The fourth-order valence-electron chi connectivity index (χ4n) is 1.83. The number of hydrogen-bond donors (Lipinski definition) is 2. The van der Waals surface area contributed by atoms with Crippen molar-refractivity contribution in [3.63, 3.8) is 0 Å². The molecule has 2 heterocycles. The van der Waals surface area contributed by atoms with Crippen LogP contribution in [0.25, 0.3) is 0 Å². The molecule has 1 saturated heterocycles. The predicted octanol–water partition coefficient (Wildman–Crippen LogP) is -0.319. The lowest BCUT2D eigenvalue weighted by atomic mass is 10.5. The highest BCUT2D eigenvalue weighted by atomic mass is 16.7. The SMILES string of the molecule is O=c1nc(NC2CC2)ccn1[C@@H]1CO[C@H](CO)O1. The first-order chi connectivity index (χ1) is 8.76. The van der Waals surface area contributed by atoms with Gasteiger partial charge >= 0.3 is 5.69 Å². The average molecular weight is 253 g/mol. The van der Waals surface area contributed by atoms with Gasteiger partial charge < -0.3 is 19.9 Å². The van der Waals surface area contributed by atoms with Crippen molar-refractivity contribution in [3.05, 3.63) is 22.7 Å². The minimum Gasteiger partial charge on any atom is -0.391 e. The molecule has 0 spiro atoms. The zero-order valence-corrected chi connectivity index (χ0v) is 9.78. The van der Waals surface area contributed by atoms with Gasteiger partial charge in [-0.15, -0.1) is 0 Å². The molecule has 2 N–H and O–H groups in total. The normalized spacial score (nSPS) is 27.4. The molecule has 1 aromatic rings. The van der Waals surface area contributed by atoms with E-state index >= 15 is 0 Å². The Morgan fingerprint density at radius 1 is 1.56 bits per heavy atom. The number of anilines is 1. The Hall–Kier alpha value is -1.44. The summed E-state index contributed by atoms with van der Waals surface area (Å²) in [6.07, 6.45) is 2.71. The first-order valence-corrected chi connectivity index (χ1v) is 6.00. The van der Waals surface area contributed by atoms with Crippen LogP contribution in [0.3, 0.4) is 0 Å². The summed E-state index contributed by atoms with van der Waals surface area (Å²) in [6, 6.07) is 2.20. The Morgan fingerprint density at radius 3 is 3.00 bits per heavy atom. The number of ether oxygens (including phenoxy) is 2. The molecule has 1 aromatic heterocycles. The van der Waals surface area contributed by atoms with Gasteiger partial charge in [0.05, 0.1) is 13.2 Å². The van der Waals surface area contributed by atoms with E-state index in [4.69, 9.17) is 14.6 Å². The van der Waals surface area contributed by atoms with E-state index in [9.17, 15) is 4.79 Å². The van der Waals surface area contributed by atoms with E-state index in [1.807, 2.05) is 0 Å². The molecule has 1 saturated carbocycles. The van der Waals surface area contributed by atoms with Gasteiger partial charge in [0.25, 0.3) is 0 Å². The largest absolute Gasteiger partial charge is 0.391 e. The van der Waals surface area contributed by atoms with Crippen LogP contribution in [0.4, 0.5) is 5.82 Å². The lowest BCUT2D eigenvalue weighted by molar-refractivity contribution is -0.0992. The van der Waals surface area contributed by atoms with Crippen LogP contribution in [0.2, 0.25) is 0 Å². The Balaban J connectivity index is 1.74. The second kappa shape index (κ2) is 4.68.